The summed E-state index contributed by atoms with van der Waals surface area (Å²) in [6.45, 7) is 2.29. The van der Waals surface area contributed by atoms with Crippen LogP contribution in [0.4, 0.5) is 4.53 Å². The Morgan fingerprint density at radius 2 is 0.677 bits per heavy atom. The normalized spacial score (nSPS) is 11.2. The third-order valence-corrected chi connectivity index (χ3v) is 6.57. The number of hydrogen-bond acceptors (Lipinski definition) is 2. The summed E-state index contributed by atoms with van der Waals surface area (Å²) >= 11 is 0. The smallest absolute Gasteiger partial charge is 0.255 e. The minimum atomic E-state index is -0.728. The Morgan fingerprint density at radius 1 is 0.452 bits per heavy atom. The molecule has 0 aliphatic rings. The highest BCUT2D eigenvalue weighted by molar-refractivity contribution is 5.68. The maximum atomic E-state index is 11.5. The second-order valence-electron chi connectivity index (χ2n) is 9.68. The van der Waals surface area contributed by atoms with Gasteiger partial charge in [-0.05, 0) is 6.42 Å². The van der Waals surface area contributed by atoms with Gasteiger partial charge in [0.15, 0.2) is 0 Å². The van der Waals surface area contributed by atoms with Crippen LogP contribution in [-0.4, -0.2) is 5.97 Å². The first kappa shape index (κ1) is 30.4. The van der Waals surface area contributed by atoms with Gasteiger partial charge in [-0.1, -0.05) is 161 Å². The monoisotopic (exact) mass is 442 g/mol. The van der Waals surface area contributed by atoms with Gasteiger partial charge in [-0.25, -0.2) is 4.79 Å². The van der Waals surface area contributed by atoms with Gasteiger partial charge in [-0.2, -0.15) is 0 Å². The molecule has 0 atom stereocenters. The minimum Gasteiger partial charge on any atom is -0.255 e. The predicted octanol–water partition coefficient (Wildman–Crippen LogP) is 10.6. The van der Waals surface area contributed by atoms with E-state index in [-0.39, 0.29) is 6.42 Å². The first-order valence-electron chi connectivity index (χ1n) is 14.1. The van der Waals surface area contributed by atoms with Crippen LogP contribution in [0.15, 0.2) is 0 Å². The molecule has 0 fully saturated rings. The number of unbranched alkanes of at least 4 members (excludes halogenated alkanes) is 24. The lowest BCUT2D eigenvalue weighted by Gasteiger charge is -2.04. The minimum absolute atomic E-state index is 0.218. The van der Waals surface area contributed by atoms with Crippen LogP contribution in [0.3, 0.4) is 0 Å². The Bertz CT molecular complexity index is 346. The van der Waals surface area contributed by atoms with Crippen LogP contribution in [0.25, 0.3) is 0 Å². The molecule has 0 aromatic rings. The quantitative estimate of drug-likeness (QED) is 0.124. The Balaban J connectivity index is 3.01. The van der Waals surface area contributed by atoms with Gasteiger partial charge in [-0.15, -0.1) is 0 Å². The second-order valence-corrected chi connectivity index (χ2v) is 9.68. The Labute approximate surface area is 194 Å². The van der Waals surface area contributed by atoms with Crippen molar-refractivity contribution in [2.45, 2.75) is 174 Å². The molecular formula is C28H55FO2. The molecule has 0 N–H and O–H groups in total. The summed E-state index contributed by atoms with van der Waals surface area (Å²) in [5.41, 5.74) is 0. The SMILES string of the molecule is CCCCCCCCCCCCCCCCCCCCCCCCCCCC(=O)OF. The number of rotatable bonds is 26. The van der Waals surface area contributed by atoms with Crippen molar-refractivity contribution in [3.05, 3.63) is 0 Å². The molecular weight excluding hydrogens is 387 g/mol. The van der Waals surface area contributed by atoms with Crippen molar-refractivity contribution in [2.75, 3.05) is 0 Å². The number of halogens is 1. The predicted molar refractivity (Wildman–Crippen MR) is 133 cm³/mol. The van der Waals surface area contributed by atoms with Gasteiger partial charge in [0.25, 0.3) is 0 Å². The Kier molecular flexibility index (Phi) is 26.9. The molecule has 0 saturated heterocycles. The van der Waals surface area contributed by atoms with Crippen molar-refractivity contribution < 1.29 is 14.3 Å². The zero-order valence-corrected chi connectivity index (χ0v) is 21.1. The summed E-state index contributed by atoms with van der Waals surface area (Å²) in [5.74, 6) is -0.728. The molecule has 0 aromatic heterocycles. The van der Waals surface area contributed by atoms with Crippen molar-refractivity contribution in [3.63, 3.8) is 0 Å². The zero-order chi connectivity index (χ0) is 22.7. The fourth-order valence-electron chi connectivity index (χ4n) is 4.45. The maximum absolute atomic E-state index is 11.5. The fourth-order valence-corrected chi connectivity index (χ4v) is 4.45. The summed E-state index contributed by atoms with van der Waals surface area (Å²) in [4.78, 5) is 13.8. The van der Waals surface area contributed by atoms with E-state index in [1.54, 1.807) is 0 Å². The van der Waals surface area contributed by atoms with Crippen molar-refractivity contribution in [2.24, 2.45) is 0 Å². The summed E-state index contributed by atoms with van der Waals surface area (Å²) in [6, 6.07) is 0. The first-order valence-corrected chi connectivity index (χ1v) is 14.1. The van der Waals surface area contributed by atoms with Crippen LogP contribution >= 0.6 is 0 Å². The van der Waals surface area contributed by atoms with Crippen LogP contribution in [-0.2, 0) is 9.74 Å². The van der Waals surface area contributed by atoms with Crippen LogP contribution in [0, 0.1) is 0 Å². The summed E-state index contributed by atoms with van der Waals surface area (Å²) in [7, 11) is 0. The first-order chi connectivity index (χ1) is 15.3. The van der Waals surface area contributed by atoms with Gasteiger partial charge >= 0.3 is 5.97 Å². The van der Waals surface area contributed by atoms with Gasteiger partial charge < -0.3 is 0 Å². The van der Waals surface area contributed by atoms with Crippen molar-refractivity contribution in [3.8, 4) is 0 Å². The van der Waals surface area contributed by atoms with E-state index in [9.17, 15) is 9.32 Å². The number of carbonyl (C=O) groups is 1. The summed E-state index contributed by atoms with van der Waals surface area (Å²) in [6.07, 6.45) is 34.3. The van der Waals surface area contributed by atoms with Crippen LogP contribution in [0.5, 0.6) is 0 Å². The molecule has 0 spiro atoms. The largest absolute Gasteiger partial charge is 0.348 e. The van der Waals surface area contributed by atoms with E-state index in [0.717, 1.165) is 19.3 Å². The second kappa shape index (κ2) is 27.4. The molecule has 0 aliphatic carbocycles. The third-order valence-electron chi connectivity index (χ3n) is 6.57. The van der Waals surface area contributed by atoms with E-state index in [1.165, 1.54) is 141 Å². The summed E-state index contributed by atoms with van der Waals surface area (Å²) in [5, 5.41) is 0. The standard InChI is InChI=1S/C28H55FO2/c1-2-3-4-5-6-7-8-9-10-11-12-13-14-15-16-17-18-19-20-21-22-23-24-25-26-27-28(30)31-29/h2-27H2,1H3. The van der Waals surface area contributed by atoms with E-state index in [0.29, 0.717) is 0 Å². The molecule has 0 radical (unpaired) electrons. The van der Waals surface area contributed by atoms with Crippen LogP contribution in [0.2, 0.25) is 0 Å². The molecule has 0 aliphatic heterocycles. The molecule has 0 amide bonds. The highest BCUT2D eigenvalue weighted by Gasteiger charge is 2.01. The molecule has 186 valence electrons. The van der Waals surface area contributed by atoms with Crippen molar-refractivity contribution >= 4 is 5.97 Å². The van der Waals surface area contributed by atoms with E-state index in [1.807, 2.05) is 0 Å². The Hall–Kier alpha value is -0.600. The highest BCUT2D eigenvalue weighted by atomic mass is 19.3. The van der Waals surface area contributed by atoms with E-state index in [2.05, 4.69) is 11.9 Å². The van der Waals surface area contributed by atoms with Crippen molar-refractivity contribution in [1.82, 2.24) is 0 Å². The zero-order valence-electron chi connectivity index (χ0n) is 21.1. The maximum Gasteiger partial charge on any atom is 0.348 e. The van der Waals surface area contributed by atoms with E-state index >= 15 is 0 Å². The fraction of sp³-hybridized carbons (Fsp3) is 0.964. The van der Waals surface area contributed by atoms with Crippen molar-refractivity contribution in [1.29, 1.82) is 0 Å². The lowest BCUT2D eigenvalue weighted by molar-refractivity contribution is -0.183. The number of carbonyl (C=O) groups excluding carboxylic acids is 1. The average molecular weight is 443 g/mol. The van der Waals surface area contributed by atoms with E-state index < -0.39 is 5.97 Å². The van der Waals surface area contributed by atoms with E-state index in [4.69, 9.17) is 0 Å². The molecule has 31 heavy (non-hydrogen) atoms. The van der Waals surface area contributed by atoms with Gasteiger partial charge in [0.2, 0.25) is 0 Å². The lowest BCUT2D eigenvalue weighted by atomic mass is 10.0. The van der Waals surface area contributed by atoms with Gasteiger partial charge in [0, 0.05) is 10.9 Å². The van der Waals surface area contributed by atoms with Crippen LogP contribution in [0.1, 0.15) is 174 Å². The van der Waals surface area contributed by atoms with Gasteiger partial charge in [-0.3, -0.25) is 4.94 Å². The molecule has 3 heteroatoms. The third kappa shape index (κ3) is 27.4. The molecule has 0 bridgehead atoms. The average Bonchev–Trinajstić information content (AvgIpc) is 2.78. The topological polar surface area (TPSA) is 26.3 Å². The van der Waals surface area contributed by atoms with Gasteiger partial charge in [0.05, 0.1) is 0 Å². The summed E-state index contributed by atoms with van der Waals surface area (Å²) < 4.78 is 11.5. The lowest BCUT2D eigenvalue weighted by Crippen LogP contribution is -1.96. The molecule has 0 aromatic carbocycles. The highest BCUT2D eigenvalue weighted by Crippen LogP contribution is 2.16. The van der Waals surface area contributed by atoms with Crippen LogP contribution < -0.4 is 0 Å². The molecule has 2 nitrogen and oxygen atoms in total. The molecule has 0 saturated carbocycles. The molecule has 0 unspecified atom stereocenters. The Morgan fingerprint density at radius 3 is 0.903 bits per heavy atom. The molecule has 0 heterocycles. The van der Waals surface area contributed by atoms with Gasteiger partial charge in [0.1, 0.15) is 0 Å². The molecule has 0 rings (SSSR count). The number of hydrogen-bond donors (Lipinski definition) is 0.